The number of rotatable bonds is 8. The standard InChI is InChI=1S/C29H30N4O5S/c1-18(19-5-3-2-4-6-19)30-28(34)21-11-13-23(14-12-21)33-39(37,38)24-15-16-25-26(17-24)32-27(31-25)20-7-9-22(10-8-20)29(35)36/h2-10,15-18,21,23,33H,11-14H2,1H3,(H,30,34)(H,31,32)(H,35,36)/t18-,21?,23?/m1/s1. The van der Waals surface area contributed by atoms with Crippen molar-refractivity contribution >= 4 is 32.9 Å². The number of hydrogen-bond donors (Lipinski definition) is 4. The lowest BCUT2D eigenvalue weighted by molar-refractivity contribution is -0.126. The van der Waals surface area contributed by atoms with Crippen LogP contribution in [0.1, 0.15) is 54.6 Å². The van der Waals surface area contributed by atoms with Crippen molar-refractivity contribution in [1.29, 1.82) is 0 Å². The minimum absolute atomic E-state index is 0.00467. The van der Waals surface area contributed by atoms with E-state index in [-0.39, 0.29) is 34.4 Å². The number of aromatic carboxylic acids is 1. The summed E-state index contributed by atoms with van der Waals surface area (Å²) in [5.74, 6) is -0.629. The van der Waals surface area contributed by atoms with Gasteiger partial charge in [0.1, 0.15) is 5.82 Å². The Morgan fingerprint density at radius 2 is 1.67 bits per heavy atom. The molecule has 3 aromatic carbocycles. The normalized spacial score (nSPS) is 18.5. The third-order valence-electron chi connectivity index (χ3n) is 7.25. The van der Waals surface area contributed by atoms with Crippen molar-refractivity contribution in [3.05, 3.63) is 83.9 Å². The van der Waals surface area contributed by atoms with E-state index in [1.165, 1.54) is 24.3 Å². The lowest BCUT2D eigenvalue weighted by Gasteiger charge is -2.29. The highest BCUT2D eigenvalue weighted by Crippen LogP contribution is 2.28. The molecular weight excluding hydrogens is 516 g/mol. The SMILES string of the molecule is C[C@@H](NC(=O)C1CCC(NS(=O)(=O)c2ccc3[nH]c(-c4ccc(C(=O)O)cc4)nc3c2)CC1)c1ccccc1. The van der Waals surface area contributed by atoms with E-state index in [1.807, 2.05) is 37.3 Å². The van der Waals surface area contributed by atoms with Crippen LogP contribution < -0.4 is 10.0 Å². The highest BCUT2D eigenvalue weighted by molar-refractivity contribution is 7.89. The summed E-state index contributed by atoms with van der Waals surface area (Å²) in [6.07, 6.45) is 2.39. The first-order chi connectivity index (χ1) is 18.7. The number of sulfonamides is 1. The Morgan fingerprint density at radius 3 is 2.33 bits per heavy atom. The number of H-pyrrole nitrogens is 1. The molecule has 4 N–H and O–H groups in total. The van der Waals surface area contributed by atoms with E-state index in [2.05, 4.69) is 20.0 Å². The second-order valence-corrected chi connectivity index (χ2v) is 11.7. The maximum absolute atomic E-state index is 13.2. The minimum Gasteiger partial charge on any atom is -0.478 e. The van der Waals surface area contributed by atoms with Crippen LogP contribution in [0.25, 0.3) is 22.4 Å². The number of aromatic amines is 1. The number of hydrogen-bond acceptors (Lipinski definition) is 5. The number of carbonyl (C=O) groups excluding carboxylic acids is 1. The van der Waals surface area contributed by atoms with Crippen LogP contribution in [0, 0.1) is 5.92 Å². The first-order valence-corrected chi connectivity index (χ1v) is 14.4. The van der Waals surface area contributed by atoms with Gasteiger partial charge in [0, 0.05) is 17.5 Å². The summed E-state index contributed by atoms with van der Waals surface area (Å²) >= 11 is 0. The van der Waals surface area contributed by atoms with Crippen molar-refractivity contribution in [2.45, 2.75) is 49.6 Å². The van der Waals surface area contributed by atoms with Gasteiger partial charge in [-0.1, -0.05) is 42.5 Å². The Labute approximate surface area is 226 Å². The summed E-state index contributed by atoms with van der Waals surface area (Å²) < 4.78 is 29.1. The second-order valence-electron chi connectivity index (χ2n) is 9.96. The lowest BCUT2D eigenvalue weighted by atomic mass is 9.85. The molecule has 0 aliphatic heterocycles. The molecule has 1 aromatic heterocycles. The predicted molar refractivity (Wildman–Crippen MR) is 148 cm³/mol. The number of carbonyl (C=O) groups is 2. The zero-order chi connectivity index (χ0) is 27.6. The molecule has 0 unspecified atom stereocenters. The third kappa shape index (κ3) is 6.02. The molecule has 1 aliphatic carbocycles. The van der Waals surface area contributed by atoms with E-state index in [1.54, 1.807) is 18.2 Å². The Balaban J connectivity index is 1.20. The molecule has 39 heavy (non-hydrogen) atoms. The van der Waals surface area contributed by atoms with Crippen LogP contribution >= 0.6 is 0 Å². The number of carboxylic acids is 1. The molecule has 9 nitrogen and oxygen atoms in total. The molecular formula is C29H30N4O5S. The average Bonchev–Trinajstić information content (AvgIpc) is 3.37. The molecule has 5 rings (SSSR count). The summed E-state index contributed by atoms with van der Waals surface area (Å²) in [5.41, 5.74) is 3.07. The molecule has 4 aromatic rings. The number of benzene rings is 3. The lowest BCUT2D eigenvalue weighted by Crippen LogP contribution is -2.41. The quantitative estimate of drug-likeness (QED) is 0.254. The largest absolute Gasteiger partial charge is 0.478 e. The van der Waals surface area contributed by atoms with Crippen LogP contribution in [0.5, 0.6) is 0 Å². The number of carboxylic acid groups (broad SMARTS) is 1. The monoisotopic (exact) mass is 546 g/mol. The highest BCUT2D eigenvalue weighted by atomic mass is 32.2. The van der Waals surface area contributed by atoms with Gasteiger partial charge in [0.15, 0.2) is 0 Å². The van der Waals surface area contributed by atoms with Gasteiger partial charge in [-0.15, -0.1) is 0 Å². The summed E-state index contributed by atoms with van der Waals surface area (Å²) in [7, 11) is -3.78. The molecule has 10 heteroatoms. The van der Waals surface area contributed by atoms with Crippen LogP contribution in [0.3, 0.4) is 0 Å². The van der Waals surface area contributed by atoms with Crippen LogP contribution in [0.2, 0.25) is 0 Å². The first kappa shape index (κ1) is 26.6. The molecule has 1 aliphatic rings. The smallest absolute Gasteiger partial charge is 0.335 e. The molecule has 0 radical (unpaired) electrons. The molecule has 0 spiro atoms. The number of fused-ring (bicyclic) bond motifs is 1. The van der Waals surface area contributed by atoms with E-state index >= 15 is 0 Å². The molecule has 202 valence electrons. The zero-order valence-electron chi connectivity index (χ0n) is 21.4. The van der Waals surface area contributed by atoms with Gasteiger partial charge >= 0.3 is 5.97 Å². The Hall–Kier alpha value is -4.02. The van der Waals surface area contributed by atoms with Gasteiger partial charge in [0.2, 0.25) is 15.9 Å². The Bertz CT molecular complexity index is 1590. The molecule has 1 fully saturated rings. The van der Waals surface area contributed by atoms with E-state index in [9.17, 15) is 18.0 Å². The molecule has 1 heterocycles. The van der Waals surface area contributed by atoms with Gasteiger partial charge < -0.3 is 15.4 Å². The predicted octanol–water partition coefficient (Wildman–Crippen LogP) is 4.64. The average molecular weight is 547 g/mol. The van der Waals surface area contributed by atoms with E-state index in [0.717, 1.165) is 5.56 Å². The number of aromatic nitrogens is 2. The highest BCUT2D eigenvalue weighted by Gasteiger charge is 2.30. The van der Waals surface area contributed by atoms with Gasteiger partial charge in [0.25, 0.3) is 0 Å². The van der Waals surface area contributed by atoms with Crippen molar-refractivity contribution in [2.24, 2.45) is 5.92 Å². The molecule has 1 amide bonds. The van der Waals surface area contributed by atoms with E-state index in [4.69, 9.17) is 5.11 Å². The van der Waals surface area contributed by atoms with Crippen LogP contribution in [-0.2, 0) is 14.8 Å². The van der Waals surface area contributed by atoms with E-state index < -0.39 is 16.0 Å². The van der Waals surface area contributed by atoms with Crippen LogP contribution in [0.4, 0.5) is 0 Å². The number of imidazole rings is 1. The third-order valence-corrected chi connectivity index (χ3v) is 8.77. The van der Waals surface area contributed by atoms with Crippen molar-refractivity contribution in [2.75, 3.05) is 0 Å². The van der Waals surface area contributed by atoms with E-state index in [0.29, 0.717) is 48.1 Å². The van der Waals surface area contributed by atoms with Crippen molar-refractivity contribution in [3.8, 4) is 11.4 Å². The van der Waals surface area contributed by atoms with Gasteiger partial charge in [-0.25, -0.2) is 22.9 Å². The van der Waals surface area contributed by atoms with Crippen LogP contribution in [0.15, 0.2) is 77.7 Å². The maximum Gasteiger partial charge on any atom is 0.335 e. The molecule has 0 saturated heterocycles. The van der Waals surface area contributed by atoms with Crippen LogP contribution in [-0.4, -0.2) is 41.4 Å². The summed E-state index contributed by atoms with van der Waals surface area (Å²) in [6, 6.07) is 20.5. The van der Waals surface area contributed by atoms with Gasteiger partial charge in [-0.3, -0.25) is 4.79 Å². The fraction of sp³-hybridized carbons (Fsp3) is 0.276. The zero-order valence-corrected chi connectivity index (χ0v) is 22.2. The van der Waals surface area contributed by atoms with Gasteiger partial charge in [-0.05, 0) is 68.5 Å². The fourth-order valence-electron chi connectivity index (χ4n) is 4.98. The summed E-state index contributed by atoms with van der Waals surface area (Å²) in [4.78, 5) is 31.7. The summed E-state index contributed by atoms with van der Waals surface area (Å²) in [5, 5.41) is 12.2. The van der Waals surface area contributed by atoms with Crippen molar-refractivity contribution in [3.63, 3.8) is 0 Å². The second kappa shape index (κ2) is 11.0. The molecule has 1 saturated carbocycles. The number of nitrogens with zero attached hydrogens (tertiary/aromatic N) is 1. The Kier molecular flexibility index (Phi) is 7.49. The number of nitrogens with one attached hydrogen (secondary N) is 3. The number of amides is 1. The first-order valence-electron chi connectivity index (χ1n) is 12.9. The molecule has 0 bridgehead atoms. The maximum atomic E-state index is 13.2. The topological polar surface area (TPSA) is 141 Å². The van der Waals surface area contributed by atoms with Crippen molar-refractivity contribution in [1.82, 2.24) is 20.0 Å². The summed E-state index contributed by atoms with van der Waals surface area (Å²) in [6.45, 7) is 1.96. The minimum atomic E-state index is -3.78. The van der Waals surface area contributed by atoms with Gasteiger partial charge in [0.05, 0.1) is 27.5 Å². The fourth-order valence-corrected chi connectivity index (χ4v) is 6.30. The molecule has 1 atom stereocenters. The van der Waals surface area contributed by atoms with Crippen molar-refractivity contribution < 1.29 is 23.1 Å². The van der Waals surface area contributed by atoms with Gasteiger partial charge in [-0.2, -0.15) is 0 Å². The Morgan fingerprint density at radius 1 is 0.974 bits per heavy atom.